The van der Waals surface area contributed by atoms with Crippen LogP contribution in [0.2, 0.25) is 0 Å². The molecular weight excluding hydrogens is 400 g/mol. The van der Waals surface area contributed by atoms with Crippen LogP contribution in [0.4, 0.5) is 0 Å². The van der Waals surface area contributed by atoms with Gasteiger partial charge in [0.15, 0.2) is 5.16 Å². The molecule has 0 aliphatic heterocycles. The Bertz CT molecular complexity index is 1200. The molecule has 8 heteroatoms. The van der Waals surface area contributed by atoms with Crippen LogP contribution in [0, 0.1) is 0 Å². The zero-order valence-corrected chi connectivity index (χ0v) is 17.4. The largest absolute Gasteiger partial charge is 0.396 e. The number of benzene rings is 2. The predicted molar refractivity (Wildman–Crippen MR) is 116 cm³/mol. The van der Waals surface area contributed by atoms with Crippen molar-refractivity contribution in [3.8, 4) is 11.4 Å². The molecule has 2 aromatic heterocycles. The minimum Gasteiger partial charge on any atom is -0.396 e. The van der Waals surface area contributed by atoms with E-state index in [1.54, 1.807) is 10.6 Å². The average Bonchev–Trinajstić information content (AvgIpc) is 3.26. The number of aromatic nitrogens is 4. The number of hydrogen-bond donors (Lipinski definition) is 1. The summed E-state index contributed by atoms with van der Waals surface area (Å²) in [6.07, 6.45) is 1.46. The number of hydrogen-bond acceptors (Lipinski definition) is 7. The SMILES string of the molecule is CCc1ccc(-c2noc(CSc3nc4ccccc4c(=O)n3CCCO)n2)cc1. The maximum absolute atomic E-state index is 12.9. The van der Waals surface area contributed by atoms with Crippen LogP contribution in [-0.4, -0.2) is 31.4 Å². The monoisotopic (exact) mass is 422 g/mol. The number of fused-ring (bicyclic) bond motifs is 1. The second-order valence-corrected chi connectivity index (χ2v) is 7.74. The second-order valence-electron chi connectivity index (χ2n) is 6.80. The molecule has 0 saturated carbocycles. The predicted octanol–water partition coefficient (Wildman–Crippen LogP) is 3.68. The fourth-order valence-corrected chi connectivity index (χ4v) is 3.99. The molecule has 0 fully saturated rings. The molecule has 154 valence electrons. The number of nitrogens with zero attached hydrogens (tertiary/aromatic N) is 4. The lowest BCUT2D eigenvalue weighted by Gasteiger charge is -2.11. The van der Waals surface area contributed by atoms with Crippen LogP contribution in [0.1, 0.15) is 24.8 Å². The van der Waals surface area contributed by atoms with Crippen LogP contribution in [0.25, 0.3) is 22.3 Å². The minimum absolute atomic E-state index is 0.00716. The molecular formula is C22H22N4O3S. The summed E-state index contributed by atoms with van der Waals surface area (Å²) >= 11 is 1.37. The van der Waals surface area contributed by atoms with Crippen molar-refractivity contribution in [3.63, 3.8) is 0 Å². The van der Waals surface area contributed by atoms with E-state index in [0.717, 1.165) is 12.0 Å². The molecule has 0 aliphatic rings. The van der Waals surface area contributed by atoms with Crippen molar-refractivity contribution in [3.05, 3.63) is 70.3 Å². The van der Waals surface area contributed by atoms with Gasteiger partial charge in [-0.25, -0.2) is 4.98 Å². The Kier molecular flexibility index (Phi) is 6.25. The Hall–Kier alpha value is -2.97. The van der Waals surface area contributed by atoms with Gasteiger partial charge in [0.05, 0.1) is 16.7 Å². The molecule has 7 nitrogen and oxygen atoms in total. The number of aliphatic hydroxyl groups is 1. The van der Waals surface area contributed by atoms with E-state index < -0.39 is 0 Å². The fourth-order valence-electron chi connectivity index (χ4n) is 3.13. The topological polar surface area (TPSA) is 94.0 Å². The molecule has 2 aromatic carbocycles. The Balaban J connectivity index is 1.57. The summed E-state index contributed by atoms with van der Waals surface area (Å²) in [6.45, 7) is 2.52. The zero-order valence-electron chi connectivity index (χ0n) is 16.6. The van der Waals surface area contributed by atoms with Gasteiger partial charge in [0.25, 0.3) is 5.56 Å². The first kappa shape index (κ1) is 20.3. The van der Waals surface area contributed by atoms with Crippen LogP contribution in [-0.2, 0) is 18.7 Å². The Morgan fingerprint density at radius 1 is 1.10 bits per heavy atom. The van der Waals surface area contributed by atoms with Crippen LogP contribution in [0.15, 0.2) is 63.0 Å². The number of rotatable bonds is 8. The van der Waals surface area contributed by atoms with Gasteiger partial charge in [0, 0.05) is 18.7 Å². The Morgan fingerprint density at radius 3 is 2.67 bits per heavy atom. The first-order valence-electron chi connectivity index (χ1n) is 9.84. The maximum atomic E-state index is 12.9. The molecule has 0 amide bonds. The molecule has 4 rings (SSSR count). The van der Waals surface area contributed by atoms with Gasteiger partial charge in [0.1, 0.15) is 0 Å². The number of thioether (sulfide) groups is 1. The van der Waals surface area contributed by atoms with E-state index in [1.165, 1.54) is 17.3 Å². The molecule has 2 heterocycles. The van der Waals surface area contributed by atoms with Gasteiger partial charge in [-0.1, -0.05) is 60.2 Å². The van der Waals surface area contributed by atoms with Crippen LogP contribution < -0.4 is 5.56 Å². The van der Waals surface area contributed by atoms with Crippen molar-refractivity contribution in [2.45, 2.75) is 37.2 Å². The van der Waals surface area contributed by atoms with Gasteiger partial charge in [0.2, 0.25) is 11.7 Å². The highest BCUT2D eigenvalue weighted by atomic mass is 32.2. The third kappa shape index (κ3) is 4.29. The first-order chi connectivity index (χ1) is 14.7. The minimum atomic E-state index is -0.112. The number of para-hydroxylation sites is 1. The molecule has 0 atom stereocenters. The van der Waals surface area contributed by atoms with E-state index in [0.29, 0.717) is 46.5 Å². The van der Waals surface area contributed by atoms with Gasteiger partial charge in [-0.05, 0) is 30.5 Å². The highest BCUT2D eigenvalue weighted by Crippen LogP contribution is 2.24. The summed E-state index contributed by atoms with van der Waals surface area (Å²) in [5, 5.41) is 14.4. The summed E-state index contributed by atoms with van der Waals surface area (Å²) in [7, 11) is 0. The molecule has 0 unspecified atom stereocenters. The maximum Gasteiger partial charge on any atom is 0.262 e. The number of aryl methyl sites for hydroxylation is 1. The summed E-state index contributed by atoms with van der Waals surface area (Å²) in [5.74, 6) is 1.40. The lowest BCUT2D eigenvalue weighted by atomic mass is 10.1. The normalized spacial score (nSPS) is 11.3. The van der Waals surface area contributed by atoms with Crippen LogP contribution >= 0.6 is 11.8 Å². The van der Waals surface area contributed by atoms with Crippen LogP contribution in [0.3, 0.4) is 0 Å². The zero-order chi connectivity index (χ0) is 20.9. The fraction of sp³-hybridized carbons (Fsp3) is 0.273. The Morgan fingerprint density at radius 2 is 1.90 bits per heavy atom. The first-order valence-corrected chi connectivity index (χ1v) is 10.8. The van der Waals surface area contributed by atoms with Crippen molar-refractivity contribution in [1.29, 1.82) is 0 Å². The lowest BCUT2D eigenvalue weighted by molar-refractivity contribution is 0.276. The molecule has 0 saturated heterocycles. The molecule has 1 N–H and O–H groups in total. The van der Waals surface area contributed by atoms with E-state index in [9.17, 15) is 9.90 Å². The van der Waals surface area contributed by atoms with Crippen molar-refractivity contribution in [2.75, 3.05) is 6.61 Å². The highest BCUT2D eigenvalue weighted by molar-refractivity contribution is 7.98. The van der Waals surface area contributed by atoms with E-state index in [4.69, 9.17) is 4.52 Å². The molecule has 30 heavy (non-hydrogen) atoms. The summed E-state index contributed by atoms with van der Waals surface area (Å²) in [6, 6.07) is 15.3. The second kappa shape index (κ2) is 9.23. The van der Waals surface area contributed by atoms with Gasteiger partial charge < -0.3 is 9.63 Å². The summed E-state index contributed by atoms with van der Waals surface area (Å²) in [5.41, 5.74) is 2.68. The van der Waals surface area contributed by atoms with Gasteiger partial charge >= 0.3 is 0 Å². The average molecular weight is 423 g/mol. The van der Waals surface area contributed by atoms with E-state index >= 15 is 0 Å². The quantitative estimate of drug-likeness (QED) is 0.342. The van der Waals surface area contributed by atoms with E-state index in [-0.39, 0.29) is 12.2 Å². The van der Waals surface area contributed by atoms with Crippen LogP contribution in [0.5, 0.6) is 0 Å². The molecule has 0 radical (unpaired) electrons. The van der Waals surface area contributed by atoms with Crippen molar-refractivity contribution < 1.29 is 9.63 Å². The number of aliphatic hydroxyl groups excluding tert-OH is 1. The molecule has 0 spiro atoms. The molecule has 0 bridgehead atoms. The lowest BCUT2D eigenvalue weighted by Crippen LogP contribution is -2.24. The van der Waals surface area contributed by atoms with Crippen molar-refractivity contribution >= 4 is 22.7 Å². The van der Waals surface area contributed by atoms with Crippen molar-refractivity contribution in [1.82, 2.24) is 19.7 Å². The molecule has 0 aliphatic carbocycles. The van der Waals surface area contributed by atoms with Gasteiger partial charge in [-0.2, -0.15) is 4.98 Å². The Labute approximate surface area is 177 Å². The van der Waals surface area contributed by atoms with Gasteiger partial charge in [-0.3, -0.25) is 9.36 Å². The van der Waals surface area contributed by atoms with E-state index in [1.807, 2.05) is 30.3 Å². The van der Waals surface area contributed by atoms with Crippen molar-refractivity contribution in [2.24, 2.45) is 0 Å². The summed E-state index contributed by atoms with van der Waals surface area (Å²) < 4.78 is 7.00. The standard InChI is InChI=1S/C22H22N4O3S/c1-2-15-8-10-16(11-9-15)20-24-19(29-25-20)14-30-22-23-18-7-4-3-6-17(18)21(28)26(22)12-5-13-27/h3-4,6-11,27H,2,5,12-14H2,1H3. The molecule has 4 aromatic rings. The third-order valence-electron chi connectivity index (χ3n) is 4.78. The summed E-state index contributed by atoms with van der Waals surface area (Å²) in [4.78, 5) is 22.0. The highest BCUT2D eigenvalue weighted by Gasteiger charge is 2.14. The smallest absolute Gasteiger partial charge is 0.262 e. The van der Waals surface area contributed by atoms with E-state index in [2.05, 4.69) is 34.2 Å². The van der Waals surface area contributed by atoms with Gasteiger partial charge in [-0.15, -0.1) is 0 Å². The third-order valence-corrected chi connectivity index (χ3v) is 5.74.